The quantitative estimate of drug-likeness (QED) is 0.308. The van der Waals surface area contributed by atoms with E-state index in [2.05, 4.69) is 4.72 Å². The van der Waals surface area contributed by atoms with Crippen LogP contribution in [0.4, 0.5) is 5.69 Å². The van der Waals surface area contributed by atoms with E-state index in [-0.39, 0.29) is 28.8 Å². The van der Waals surface area contributed by atoms with Gasteiger partial charge in [-0.05, 0) is 47.8 Å². The number of hydrogen-bond acceptors (Lipinski definition) is 10. The fourth-order valence-corrected chi connectivity index (χ4v) is 7.62. The third kappa shape index (κ3) is 7.73. The number of anilines is 1. The molecule has 0 unspecified atom stereocenters. The summed E-state index contributed by atoms with van der Waals surface area (Å²) in [6.45, 7) is 3.17. The average Bonchev–Trinajstić information content (AvgIpc) is 3.48. The Kier molecular flexibility index (Phi) is 9.68. The number of nitrogens with one attached hydrogen (secondary N) is 1. The van der Waals surface area contributed by atoms with Crippen LogP contribution in [0.2, 0.25) is 0 Å². The summed E-state index contributed by atoms with van der Waals surface area (Å²) < 4.78 is 71.7. The van der Waals surface area contributed by atoms with Crippen molar-refractivity contribution in [2.24, 2.45) is 0 Å². The zero-order valence-electron chi connectivity index (χ0n) is 22.1. The first-order valence-corrected chi connectivity index (χ1v) is 16.2. The van der Waals surface area contributed by atoms with Crippen LogP contribution in [0.15, 0.2) is 75.1 Å². The van der Waals surface area contributed by atoms with Crippen LogP contribution in [0, 0.1) is 0 Å². The summed E-state index contributed by atoms with van der Waals surface area (Å²) in [7, 11) is -5.83. The van der Waals surface area contributed by atoms with Crippen LogP contribution in [-0.4, -0.2) is 84.6 Å². The van der Waals surface area contributed by atoms with E-state index in [1.165, 1.54) is 36.5 Å². The van der Waals surface area contributed by atoms with E-state index in [0.717, 1.165) is 11.3 Å². The van der Waals surface area contributed by atoms with E-state index in [9.17, 15) is 21.6 Å². The SMILES string of the molecule is COc1ccc(S(=O)(=O)N2CCN(C[C@@H](COc3cccc(NS(=O)(=O)c4cccs4)c3)OC(C)=O)CC2)cc1. The van der Waals surface area contributed by atoms with Crippen molar-refractivity contribution in [1.29, 1.82) is 0 Å². The van der Waals surface area contributed by atoms with Crippen LogP contribution in [-0.2, 0) is 29.6 Å². The number of benzene rings is 2. The number of rotatable bonds is 12. The van der Waals surface area contributed by atoms with Crippen LogP contribution < -0.4 is 14.2 Å². The third-order valence-corrected chi connectivity index (χ3v) is 10.8. The van der Waals surface area contributed by atoms with Gasteiger partial charge in [0.05, 0.1) is 17.7 Å². The van der Waals surface area contributed by atoms with Gasteiger partial charge in [-0.2, -0.15) is 4.31 Å². The maximum absolute atomic E-state index is 13.0. The molecule has 0 amide bonds. The molecule has 0 saturated carbocycles. The molecule has 40 heavy (non-hydrogen) atoms. The van der Waals surface area contributed by atoms with E-state index in [1.54, 1.807) is 47.8 Å². The Labute approximate surface area is 238 Å². The minimum atomic E-state index is -3.70. The Bertz CT molecular complexity index is 1490. The number of carbonyl (C=O) groups is 1. The molecule has 1 aromatic heterocycles. The fourth-order valence-electron chi connectivity index (χ4n) is 4.16. The lowest BCUT2D eigenvalue weighted by Gasteiger charge is -2.35. The fraction of sp³-hybridized carbons (Fsp3) is 0.346. The summed E-state index contributed by atoms with van der Waals surface area (Å²) in [6, 6.07) is 16.0. The van der Waals surface area contributed by atoms with Crippen LogP contribution in [0.3, 0.4) is 0 Å². The van der Waals surface area contributed by atoms with Crippen molar-refractivity contribution in [2.75, 3.05) is 51.2 Å². The lowest BCUT2D eigenvalue weighted by Crippen LogP contribution is -2.51. The first-order valence-electron chi connectivity index (χ1n) is 12.4. The van der Waals surface area contributed by atoms with Crippen LogP contribution in [0.1, 0.15) is 6.92 Å². The van der Waals surface area contributed by atoms with Crippen molar-refractivity contribution in [2.45, 2.75) is 22.1 Å². The highest BCUT2D eigenvalue weighted by Gasteiger charge is 2.30. The molecule has 14 heteroatoms. The normalized spacial score (nSPS) is 15.8. The summed E-state index contributed by atoms with van der Waals surface area (Å²) in [4.78, 5) is 14.0. The summed E-state index contributed by atoms with van der Waals surface area (Å²) in [5.74, 6) is 0.514. The van der Waals surface area contributed by atoms with Crippen LogP contribution in [0.25, 0.3) is 0 Å². The van der Waals surface area contributed by atoms with Crippen LogP contribution >= 0.6 is 11.3 Å². The van der Waals surface area contributed by atoms with Gasteiger partial charge in [0.1, 0.15) is 28.4 Å². The maximum Gasteiger partial charge on any atom is 0.303 e. The molecule has 0 spiro atoms. The topological polar surface area (TPSA) is 132 Å². The van der Waals surface area contributed by atoms with Crippen LogP contribution in [0.5, 0.6) is 11.5 Å². The van der Waals surface area contributed by atoms with E-state index >= 15 is 0 Å². The Morgan fingerprint density at radius 3 is 2.33 bits per heavy atom. The zero-order chi connectivity index (χ0) is 28.8. The number of piperazine rings is 1. The highest BCUT2D eigenvalue weighted by molar-refractivity contribution is 7.94. The van der Waals surface area contributed by atoms with Gasteiger partial charge in [0.15, 0.2) is 0 Å². The lowest BCUT2D eigenvalue weighted by molar-refractivity contribution is -0.149. The second-order valence-corrected chi connectivity index (χ2v) is 13.8. The van der Waals surface area contributed by atoms with Gasteiger partial charge in [0.2, 0.25) is 10.0 Å². The molecule has 1 N–H and O–H groups in total. The van der Waals surface area contributed by atoms with Crippen molar-refractivity contribution >= 4 is 43.0 Å². The predicted octanol–water partition coefficient (Wildman–Crippen LogP) is 2.87. The number of nitrogens with zero attached hydrogens (tertiary/aromatic N) is 2. The number of thiophene rings is 1. The molecule has 0 bridgehead atoms. The minimum absolute atomic E-state index is 0.0328. The molecule has 1 atom stereocenters. The van der Waals surface area contributed by atoms with Crippen molar-refractivity contribution < 1.29 is 35.8 Å². The van der Waals surface area contributed by atoms with Gasteiger partial charge in [0, 0.05) is 45.7 Å². The molecule has 11 nitrogen and oxygen atoms in total. The molecule has 1 fully saturated rings. The Morgan fingerprint density at radius 2 is 1.70 bits per heavy atom. The smallest absolute Gasteiger partial charge is 0.303 e. The molecule has 1 aliphatic heterocycles. The second kappa shape index (κ2) is 13.0. The van der Waals surface area contributed by atoms with Crippen molar-refractivity contribution in [3.05, 3.63) is 66.0 Å². The Hall–Kier alpha value is -3.17. The lowest BCUT2D eigenvalue weighted by atomic mass is 10.3. The molecule has 2 aromatic carbocycles. The summed E-state index contributed by atoms with van der Waals surface area (Å²) >= 11 is 1.12. The van der Waals surface area contributed by atoms with Crippen molar-refractivity contribution in [1.82, 2.24) is 9.21 Å². The number of esters is 1. The molecule has 1 aliphatic rings. The molecule has 2 heterocycles. The molecule has 1 saturated heterocycles. The van der Waals surface area contributed by atoms with Gasteiger partial charge in [-0.1, -0.05) is 12.1 Å². The number of ether oxygens (including phenoxy) is 3. The summed E-state index contributed by atoms with van der Waals surface area (Å²) in [6.07, 6.45) is -0.617. The van der Waals surface area contributed by atoms with E-state index in [1.807, 2.05) is 4.90 Å². The second-order valence-electron chi connectivity index (χ2n) is 8.99. The van der Waals surface area contributed by atoms with E-state index < -0.39 is 32.1 Å². The first-order chi connectivity index (χ1) is 19.1. The van der Waals surface area contributed by atoms with Crippen molar-refractivity contribution in [3.8, 4) is 11.5 Å². The molecular formula is C26H31N3O8S3. The summed E-state index contributed by atoms with van der Waals surface area (Å²) in [5, 5.41) is 1.68. The third-order valence-electron chi connectivity index (χ3n) is 6.11. The largest absolute Gasteiger partial charge is 0.497 e. The molecular weight excluding hydrogens is 579 g/mol. The minimum Gasteiger partial charge on any atom is -0.497 e. The van der Waals surface area contributed by atoms with E-state index in [4.69, 9.17) is 14.2 Å². The van der Waals surface area contributed by atoms with Gasteiger partial charge in [-0.3, -0.25) is 14.4 Å². The van der Waals surface area contributed by atoms with Gasteiger partial charge < -0.3 is 14.2 Å². The number of sulfonamides is 2. The standard InChI is InChI=1S/C26H31N3O8S3/c1-20(30)37-24(19-36-23-6-3-5-21(17-23)27-39(31,32)26-7-4-16-38-26)18-28-12-14-29(15-13-28)40(33,34)25-10-8-22(35-2)9-11-25/h3-11,16-17,24,27H,12-15,18-19H2,1-2H3/t24-/m0/s1. The maximum atomic E-state index is 13.0. The molecule has 216 valence electrons. The van der Waals surface area contributed by atoms with Gasteiger partial charge in [-0.15, -0.1) is 11.3 Å². The molecule has 0 aliphatic carbocycles. The Balaban J connectivity index is 1.33. The van der Waals surface area contributed by atoms with Gasteiger partial charge in [-0.25, -0.2) is 16.8 Å². The number of carbonyl (C=O) groups excluding carboxylic acids is 1. The number of methoxy groups -OCH3 is 1. The number of hydrogen-bond donors (Lipinski definition) is 1. The highest BCUT2D eigenvalue weighted by Crippen LogP contribution is 2.24. The molecule has 4 rings (SSSR count). The van der Waals surface area contributed by atoms with E-state index in [0.29, 0.717) is 36.8 Å². The molecule has 3 aromatic rings. The molecule has 0 radical (unpaired) electrons. The Morgan fingerprint density at radius 1 is 0.975 bits per heavy atom. The van der Waals surface area contributed by atoms with Gasteiger partial charge in [0.25, 0.3) is 10.0 Å². The monoisotopic (exact) mass is 609 g/mol. The van der Waals surface area contributed by atoms with Gasteiger partial charge >= 0.3 is 5.97 Å². The summed E-state index contributed by atoms with van der Waals surface area (Å²) in [5.41, 5.74) is 0.337. The zero-order valence-corrected chi connectivity index (χ0v) is 24.5. The van der Waals surface area contributed by atoms with Crippen molar-refractivity contribution in [3.63, 3.8) is 0 Å². The highest BCUT2D eigenvalue weighted by atomic mass is 32.2. The first kappa shape index (κ1) is 29.8. The average molecular weight is 610 g/mol. The predicted molar refractivity (Wildman–Crippen MR) is 151 cm³/mol.